The average molecular weight is 508 g/mol. The maximum Gasteiger partial charge on any atom is 0.364 e. The van der Waals surface area contributed by atoms with Gasteiger partial charge in [0, 0.05) is 32.2 Å². The molecular weight excluding hydrogens is 466 g/mol. The fraction of sp³-hybridized carbons (Fsp3) is 0.630. The van der Waals surface area contributed by atoms with Crippen LogP contribution in [0.2, 0.25) is 0 Å². The molecule has 36 heavy (non-hydrogen) atoms. The summed E-state index contributed by atoms with van der Waals surface area (Å²) in [6, 6.07) is 4.18. The number of carboxylic acids is 1. The van der Waals surface area contributed by atoms with E-state index in [1.165, 1.54) is 12.1 Å². The number of carbonyl (C=O) groups excluding carboxylic acids is 3. The number of esters is 3. The highest BCUT2D eigenvalue weighted by Gasteiger charge is 2.43. The molecule has 0 heterocycles. The van der Waals surface area contributed by atoms with Gasteiger partial charge in [-0.25, -0.2) is 4.79 Å². The van der Waals surface area contributed by atoms with Crippen molar-refractivity contribution in [3.8, 4) is 11.5 Å². The van der Waals surface area contributed by atoms with Crippen molar-refractivity contribution in [2.75, 3.05) is 0 Å². The third-order valence-corrected chi connectivity index (χ3v) is 5.52. The van der Waals surface area contributed by atoms with Crippen LogP contribution in [0.5, 0.6) is 11.5 Å². The number of nitrogens with one attached hydrogen (secondary N) is 1. The first-order chi connectivity index (χ1) is 16.8. The van der Waals surface area contributed by atoms with Crippen LogP contribution in [0, 0.1) is 11.8 Å². The van der Waals surface area contributed by atoms with E-state index in [2.05, 4.69) is 5.32 Å². The molecule has 1 unspecified atom stereocenters. The van der Waals surface area contributed by atoms with Crippen LogP contribution in [0.15, 0.2) is 18.2 Å². The summed E-state index contributed by atoms with van der Waals surface area (Å²) in [6.45, 7) is 12.8. The van der Waals surface area contributed by atoms with Crippen LogP contribution in [-0.2, 0) is 30.3 Å². The summed E-state index contributed by atoms with van der Waals surface area (Å²) < 4.78 is 16.3. The smallest absolute Gasteiger partial charge is 0.364 e. The zero-order valence-corrected chi connectivity index (χ0v) is 22.5. The molecule has 9 nitrogen and oxygen atoms in total. The van der Waals surface area contributed by atoms with Gasteiger partial charge in [-0.2, -0.15) is 0 Å². The minimum absolute atomic E-state index is 0.00445. The van der Waals surface area contributed by atoms with Crippen molar-refractivity contribution in [2.24, 2.45) is 11.8 Å². The molecular formula is C27H41NO8. The number of hydrogen-bond donors (Lipinski definition) is 2. The van der Waals surface area contributed by atoms with Gasteiger partial charge < -0.3 is 19.3 Å². The van der Waals surface area contributed by atoms with Gasteiger partial charge in [-0.15, -0.1) is 0 Å². The van der Waals surface area contributed by atoms with E-state index in [0.29, 0.717) is 36.7 Å². The van der Waals surface area contributed by atoms with Crippen molar-refractivity contribution >= 4 is 23.9 Å². The second kappa shape index (κ2) is 14.6. The topological polar surface area (TPSA) is 128 Å². The lowest BCUT2D eigenvalue weighted by atomic mass is 10.00. The highest BCUT2D eigenvalue weighted by atomic mass is 16.6. The Hall–Kier alpha value is -2.94. The van der Waals surface area contributed by atoms with E-state index in [1.54, 1.807) is 13.0 Å². The molecule has 0 radical (unpaired) electrons. The van der Waals surface area contributed by atoms with Crippen molar-refractivity contribution in [3.05, 3.63) is 23.8 Å². The molecule has 0 saturated heterocycles. The molecule has 0 saturated carbocycles. The first kappa shape index (κ1) is 31.1. The monoisotopic (exact) mass is 507 g/mol. The second-order valence-corrected chi connectivity index (χ2v) is 9.95. The van der Waals surface area contributed by atoms with Crippen LogP contribution < -0.4 is 14.8 Å². The average Bonchev–Trinajstić information content (AvgIpc) is 2.77. The highest BCUT2D eigenvalue weighted by Crippen LogP contribution is 2.32. The molecule has 2 N–H and O–H groups in total. The molecule has 1 aromatic rings. The molecule has 1 rings (SSSR count). The van der Waals surface area contributed by atoms with E-state index in [9.17, 15) is 24.3 Å². The van der Waals surface area contributed by atoms with Gasteiger partial charge in [-0.1, -0.05) is 40.7 Å². The molecule has 202 valence electrons. The molecule has 9 heteroatoms. The number of benzene rings is 1. The lowest BCUT2D eigenvalue weighted by Crippen LogP contribution is -2.59. The van der Waals surface area contributed by atoms with Gasteiger partial charge in [0.2, 0.25) is 0 Å². The van der Waals surface area contributed by atoms with Crippen LogP contribution in [-0.4, -0.2) is 40.8 Å². The summed E-state index contributed by atoms with van der Waals surface area (Å²) in [7, 11) is 0. The summed E-state index contributed by atoms with van der Waals surface area (Å²) in [4.78, 5) is 48.9. The minimum atomic E-state index is -2.03. The fourth-order valence-corrected chi connectivity index (χ4v) is 3.32. The van der Waals surface area contributed by atoms with Gasteiger partial charge >= 0.3 is 23.9 Å². The number of ether oxygens (including phenoxy) is 3. The Morgan fingerprint density at radius 2 is 1.44 bits per heavy atom. The largest absolute Gasteiger partial charge is 0.477 e. The molecule has 0 spiro atoms. The molecule has 0 aliphatic carbocycles. The van der Waals surface area contributed by atoms with Crippen LogP contribution in [0.3, 0.4) is 0 Å². The normalized spacial score (nSPS) is 13.7. The number of carbonyl (C=O) groups is 4. The summed E-state index contributed by atoms with van der Waals surface area (Å²) in [5.74, 6) is -2.41. The van der Waals surface area contributed by atoms with Gasteiger partial charge in [-0.05, 0) is 55.7 Å². The van der Waals surface area contributed by atoms with Crippen molar-refractivity contribution in [3.63, 3.8) is 0 Å². The van der Waals surface area contributed by atoms with E-state index in [1.807, 2.05) is 34.6 Å². The molecule has 0 aromatic heterocycles. The quantitative estimate of drug-likeness (QED) is 0.198. The van der Waals surface area contributed by atoms with Crippen molar-refractivity contribution in [2.45, 2.75) is 98.8 Å². The zero-order chi connectivity index (χ0) is 27.5. The first-order valence-electron chi connectivity index (χ1n) is 12.5. The van der Waals surface area contributed by atoms with Gasteiger partial charge in [0.15, 0.2) is 11.5 Å². The molecule has 2 atom stereocenters. The standard InChI is InChI=1S/C27H41NO8/c1-8-19(6)28-27(26(32)33,36-20(7)29)16-21-11-12-22(34-24(30)13-9-17(2)3)23(15-21)35-25(31)14-10-18(4)5/h11-12,15,17-19,28H,8-10,13-14,16H2,1-7H3,(H,32,33)/t19?,27-/m0/s1. The Kier molecular flexibility index (Phi) is 12.6. The highest BCUT2D eigenvalue weighted by molar-refractivity contribution is 5.81. The fourth-order valence-electron chi connectivity index (χ4n) is 3.32. The van der Waals surface area contributed by atoms with Crippen molar-refractivity contribution in [1.82, 2.24) is 5.32 Å². The molecule has 1 aromatic carbocycles. The summed E-state index contributed by atoms with van der Waals surface area (Å²) in [6.07, 6.45) is 1.99. The Balaban J connectivity index is 3.34. The Labute approximate surface area is 213 Å². The molecule has 0 aliphatic rings. The third-order valence-electron chi connectivity index (χ3n) is 5.52. The second-order valence-electron chi connectivity index (χ2n) is 9.95. The van der Waals surface area contributed by atoms with Crippen LogP contribution >= 0.6 is 0 Å². The van der Waals surface area contributed by atoms with Crippen LogP contribution in [0.1, 0.15) is 86.1 Å². The number of carboxylic acid groups (broad SMARTS) is 1. The van der Waals surface area contributed by atoms with Gasteiger partial charge in [0.1, 0.15) is 0 Å². The van der Waals surface area contributed by atoms with Crippen molar-refractivity contribution < 1.29 is 38.5 Å². The summed E-state index contributed by atoms with van der Waals surface area (Å²) >= 11 is 0. The lowest BCUT2D eigenvalue weighted by molar-refractivity contribution is -0.183. The Morgan fingerprint density at radius 3 is 1.89 bits per heavy atom. The molecule has 0 bridgehead atoms. The van der Waals surface area contributed by atoms with E-state index in [4.69, 9.17) is 14.2 Å². The third kappa shape index (κ3) is 10.8. The van der Waals surface area contributed by atoms with Crippen molar-refractivity contribution in [1.29, 1.82) is 0 Å². The minimum Gasteiger partial charge on any atom is -0.477 e. The van der Waals surface area contributed by atoms with Gasteiger partial charge in [-0.3, -0.25) is 19.7 Å². The Bertz CT molecular complexity index is 911. The zero-order valence-electron chi connectivity index (χ0n) is 22.5. The maximum absolute atomic E-state index is 12.5. The SMILES string of the molecule is CCC(C)N[C@@](Cc1ccc(OC(=O)CCC(C)C)c(OC(=O)CCC(C)C)c1)(OC(C)=O)C(=O)O. The van der Waals surface area contributed by atoms with E-state index in [-0.39, 0.29) is 36.8 Å². The molecule has 0 fully saturated rings. The molecule has 0 aliphatic heterocycles. The number of hydrogen-bond acceptors (Lipinski definition) is 8. The van der Waals surface area contributed by atoms with Crippen LogP contribution in [0.25, 0.3) is 0 Å². The lowest BCUT2D eigenvalue weighted by Gasteiger charge is -2.32. The number of aliphatic carboxylic acids is 1. The van der Waals surface area contributed by atoms with E-state index >= 15 is 0 Å². The van der Waals surface area contributed by atoms with Gasteiger partial charge in [0.25, 0.3) is 5.72 Å². The van der Waals surface area contributed by atoms with E-state index < -0.39 is 29.6 Å². The molecule has 0 amide bonds. The number of rotatable bonds is 15. The Morgan fingerprint density at radius 1 is 0.917 bits per heavy atom. The summed E-state index contributed by atoms with van der Waals surface area (Å²) in [5, 5.41) is 12.9. The predicted octanol–water partition coefficient (Wildman–Crippen LogP) is 4.64. The summed E-state index contributed by atoms with van der Waals surface area (Å²) in [5.41, 5.74) is -1.63. The van der Waals surface area contributed by atoms with E-state index in [0.717, 1.165) is 6.92 Å². The van der Waals surface area contributed by atoms with Gasteiger partial charge in [0.05, 0.1) is 0 Å². The maximum atomic E-state index is 12.5. The van der Waals surface area contributed by atoms with Crippen LogP contribution in [0.4, 0.5) is 0 Å². The first-order valence-corrected chi connectivity index (χ1v) is 12.5. The predicted molar refractivity (Wildman–Crippen MR) is 135 cm³/mol.